The van der Waals surface area contributed by atoms with Gasteiger partial charge in [0.05, 0.1) is 0 Å². The summed E-state index contributed by atoms with van der Waals surface area (Å²) in [5.41, 5.74) is 0.332. The fourth-order valence-corrected chi connectivity index (χ4v) is 4.45. The number of carbonyl (C=O) groups is 1. The van der Waals surface area contributed by atoms with Crippen molar-refractivity contribution in [2.24, 2.45) is 0 Å². The van der Waals surface area contributed by atoms with Crippen molar-refractivity contribution < 1.29 is 17.6 Å². The molecule has 0 radical (unpaired) electrons. The Hall–Kier alpha value is -1.67. The van der Waals surface area contributed by atoms with Gasteiger partial charge in [-0.25, -0.2) is 12.8 Å². The summed E-state index contributed by atoms with van der Waals surface area (Å²) in [7, 11) is -4.04. The summed E-state index contributed by atoms with van der Waals surface area (Å²) in [5, 5.41) is 3.22. The van der Waals surface area contributed by atoms with Gasteiger partial charge in [0, 0.05) is 34.4 Å². The number of halogens is 3. The lowest BCUT2D eigenvalue weighted by atomic mass is 10.2. The van der Waals surface area contributed by atoms with Crippen LogP contribution in [0.4, 0.5) is 10.1 Å². The molecule has 0 aromatic heterocycles. The predicted molar refractivity (Wildman–Crippen MR) is 101 cm³/mol. The van der Waals surface area contributed by atoms with E-state index in [1.54, 1.807) is 13.8 Å². The third kappa shape index (κ3) is 4.54. The fraction of sp³-hybridized carbons (Fsp3) is 0.235. The molecule has 1 N–H and O–H groups in total. The van der Waals surface area contributed by atoms with Gasteiger partial charge in [0.1, 0.15) is 10.7 Å². The Bertz CT molecular complexity index is 911. The number of hydrogen-bond acceptors (Lipinski definition) is 3. The van der Waals surface area contributed by atoms with Gasteiger partial charge in [0.25, 0.3) is 5.91 Å². The minimum atomic E-state index is -4.04. The standard InChI is InChI=1S/C17H17Cl2FN2O3S/c1-3-22(4-2)26(24,25)16-7-11(5-6-15(16)20)17(23)21-14-9-12(18)8-13(19)10-14/h5-10H,3-4H2,1-2H3,(H,21,23). The molecule has 0 aliphatic carbocycles. The highest BCUT2D eigenvalue weighted by Gasteiger charge is 2.26. The zero-order valence-corrected chi connectivity index (χ0v) is 16.4. The van der Waals surface area contributed by atoms with Crippen LogP contribution in [-0.2, 0) is 10.0 Å². The van der Waals surface area contributed by atoms with Crippen LogP contribution in [0.2, 0.25) is 10.0 Å². The summed E-state index contributed by atoms with van der Waals surface area (Å²) in [6.07, 6.45) is 0. The van der Waals surface area contributed by atoms with E-state index in [1.807, 2.05) is 0 Å². The van der Waals surface area contributed by atoms with Crippen molar-refractivity contribution in [3.05, 3.63) is 57.8 Å². The lowest BCUT2D eigenvalue weighted by Crippen LogP contribution is -2.31. The van der Waals surface area contributed by atoms with Crippen LogP contribution in [0.15, 0.2) is 41.3 Å². The number of nitrogens with zero attached hydrogens (tertiary/aromatic N) is 1. The van der Waals surface area contributed by atoms with Crippen LogP contribution in [0.1, 0.15) is 24.2 Å². The zero-order chi connectivity index (χ0) is 19.5. The second kappa shape index (κ2) is 8.35. The molecular formula is C17H17Cl2FN2O3S. The quantitative estimate of drug-likeness (QED) is 0.754. The molecule has 0 fully saturated rings. The molecule has 2 aromatic carbocycles. The maximum Gasteiger partial charge on any atom is 0.255 e. The van der Waals surface area contributed by atoms with Crippen LogP contribution in [0, 0.1) is 5.82 Å². The molecule has 5 nitrogen and oxygen atoms in total. The van der Waals surface area contributed by atoms with Crippen molar-refractivity contribution in [2.75, 3.05) is 18.4 Å². The van der Waals surface area contributed by atoms with Gasteiger partial charge in [0.15, 0.2) is 0 Å². The molecule has 0 aliphatic rings. The summed E-state index contributed by atoms with van der Waals surface area (Å²) >= 11 is 11.8. The van der Waals surface area contributed by atoms with Crippen molar-refractivity contribution in [1.29, 1.82) is 0 Å². The minimum Gasteiger partial charge on any atom is -0.322 e. The molecule has 0 spiro atoms. The SMILES string of the molecule is CCN(CC)S(=O)(=O)c1cc(C(=O)Nc2cc(Cl)cc(Cl)c2)ccc1F. The highest BCUT2D eigenvalue weighted by molar-refractivity contribution is 7.89. The van der Waals surface area contributed by atoms with E-state index in [2.05, 4.69) is 5.32 Å². The highest BCUT2D eigenvalue weighted by Crippen LogP contribution is 2.24. The number of benzene rings is 2. The molecule has 2 rings (SSSR count). The first-order valence-electron chi connectivity index (χ1n) is 7.76. The molecule has 0 bridgehead atoms. The molecule has 9 heteroatoms. The van der Waals surface area contributed by atoms with Gasteiger partial charge in [0.2, 0.25) is 10.0 Å². The molecule has 2 aromatic rings. The molecular weight excluding hydrogens is 402 g/mol. The number of carbonyl (C=O) groups excluding carboxylic acids is 1. The number of amides is 1. The lowest BCUT2D eigenvalue weighted by molar-refractivity contribution is 0.102. The largest absolute Gasteiger partial charge is 0.322 e. The topological polar surface area (TPSA) is 66.5 Å². The average molecular weight is 419 g/mol. The van der Waals surface area contributed by atoms with Crippen molar-refractivity contribution in [3.63, 3.8) is 0 Å². The molecule has 0 heterocycles. The lowest BCUT2D eigenvalue weighted by Gasteiger charge is -2.19. The molecule has 0 saturated carbocycles. The zero-order valence-electron chi connectivity index (χ0n) is 14.1. The smallest absolute Gasteiger partial charge is 0.255 e. The van der Waals surface area contributed by atoms with E-state index in [1.165, 1.54) is 24.3 Å². The van der Waals surface area contributed by atoms with Gasteiger partial charge in [-0.05, 0) is 36.4 Å². The maximum absolute atomic E-state index is 14.1. The van der Waals surface area contributed by atoms with E-state index in [4.69, 9.17) is 23.2 Å². The Morgan fingerprint density at radius 3 is 2.19 bits per heavy atom. The molecule has 1 amide bonds. The van der Waals surface area contributed by atoms with Crippen LogP contribution in [-0.4, -0.2) is 31.7 Å². The van der Waals surface area contributed by atoms with Gasteiger partial charge >= 0.3 is 0 Å². The van der Waals surface area contributed by atoms with Crippen molar-refractivity contribution in [1.82, 2.24) is 4.31 Å². The van der Waals surface area contributed by atoms with Crippen molar-refractivity contribution in [3.8, 4) is 0 Å². The monoisotopic (exact) mass is 418 g/mol. The molecule has 0 unspecified atom stereocenters. The maximum atomic E-state index is 14.1. The third-order valence-corrected chi connectivity index (χ3v) is 6.14. The number of sulfonamides is 1. The van der Waals surface area contributed by atoms with Gasteiger partial charge in [-0.3, -0.25) is 4.79 Å². The molecule has 140 valence electrons. The number of rotatable bonds is 6. The summed E-state index contributed by atoms with van der Waals surface area (Å²) < 4.78 is 40.4. The van der Waals surface area contributed by atoms with Crippen LogP contribution < -0.4 is 5.32 Å². The molecule has 0 atom stereocenters. The van der Waals surface area contributed by atoms with Crippen LogP contribution in [0.3, 0.4) is 0 Å². The summed E-state index contributed by atoms with van der Waals surface area (Å²) in [6, 6.07) is 7.66. The highest BCUT2D eigenvalue weighted by atomic mass is 35.5. The first kappa shape index (κ1) is 20.6. The van der Waals surface area contributed by atoms with E-state index in [0.29, 0.717) is 15.7 Å². The summed E-state index contributed by atoms with van der Waals surface area (Å²) in [6.45, 7) is 3.68. The van der Waals surface area contributed by atoms with Crippen LogP contribution >= 0.6 is 23.2 Å². The first-order valence-corrected chi connectivity index (χ1v) is 9.95. The summed E-state index contributed by atoms with van der Waals surface area (Å²) in [4.78, 5) is 11.9. The Balaban J connectivity index is 2.38. The minimum absolute atomic E-state index is 0.00627. The second-order valence-electron chi connectivity index (χ2n) is 5.35. The first-order chi connectivity index (χ1) is 12.2. The Morgan fingerprint density at radius 2 is 1.65 bits per heavy atom. The fourth-order valence-electron chi connectivity index (χ4n) is 2.37. The number of hydrogen-bond donors (Lipinski definition) is 1. The Labute approximate surface area is 161 Å². The molecule has 26 heavy (non-hydrogen) atoms. The third-order valence-electron chi connectivity index (χ3n) is 3.64. The average Bonchev–Trinajstić information content (AvgIpc) is 2.54. The van der Waals surface area contributed by atoms with E-state index in [0.717, 1.165) is 16.4 Å². The van der Waals surface area contributed by atoms with Gasteiger partial charge in [-0.1, -0.05) is 37.0 Å². The van der Waals surface area contributed by atoms with E-state index in [-0.39, 0.29) is 18.7 Å². The van der Waals surface area contributed by atoms with Crippen molar-refractivity contribution >= 4 is 44.8 Å². The van der Waals surface area contributed by atoms with Gasteiger partial charge in [-0.2, -0.15) is 4.31 Å². The molecule has 0 saturated heterocycles. The van der Waals surface area contributed by atoms with E-state index >= 15 is 0 Å². The summed E-state index contributed by atoms with van der Waals surface area (Å²) in [5.74, 6) is -1.53. The normalized spacial score (nSPS) is 11.6. The Morgan fingerprint density at radius 1 is 1.08 bits per heavy atom. The number of nitrogens with one attached hydrogen (secondary N) is 1. The molecule has 0 aliphatic heterocycles. The van der Waals surface area contributed by atoms with Crippen LogP contribution in [0.25, 0.3) is 0 Å². The Kier molecular flexibility index (Phi) is 6.63. The van der Waals surface area contributed by atoms with E-state index < -0.39 is 26.6 Å². The van der Waals surface area contributed by atoms with Gasteiger partial charge in [-0.15, -0.1) is 0 Å². The second-order valence-corrected chi connectivity index (χ2v) is 8.13. The van der Waals surface area contributed by atoms with Crippen LogP contribution in [0.5, 0.6) is 0 Å². The van der Waals surface area contributed by atoms with E-state index in [9.17, 15) is 17.6 Å². The van der Waals surface area contributed by atoms with Gasteiger partial charge < -0.3 is 5.32 Å². The van der Waals surface area contributed by atoms with Crippen molar-refractivity contribution in [2.45, 2.75) is 18.7 Å². The predicted octanol–water partition coefficient (Wildman–Crippen LogP) is 4.42. The number of anilines is 1.